The smallest absolute Gasteiger partial charge is 0.410 e. The van der Waals surface area contributed by atoms with Crippen LogP contribution in [0.5, 0.6) is 0 Å². The van der Waals surface area contributed by atoms with Crippen molar-refractivity contribution < 1.29 is 17.9 Å². The molecule has 4 aliphatic heterocycles. The van der Waals surface area contributed by atoms with Crippen molar-refractivity contribution in [3.63, 3.8) is 0 Å². The van der Waals surface area contributed by atoms with E-state index in [2.05, 4.69) is 17.0 Å². The summed E-state index contributed by atoms with van der Waals surface area (Å²) < 4.78 is 29.8. The molecule has 0 aliphatic carbocycles. The van der Waals surface area contributed by atoms with Crippen molar-refractivity contribution in [1.29, 1.82) is 0 Å². The van der Waals surface area contributed by atoms with Crippen molar-refractivity contribution in [2.45, 2.75) is 36.3 Å². The fourth-order valence-electron chi connectivity index (χ4n) is 5.26. The van der Waals surface area contributed by atoms with Gasteiger partial charge in [0.25, 0.3) is 0 Å². The lowest BCUT2D eigenvalue weighted by Gasteiger charge is -2.45. The quantitative estimate of drug-likeness (QED) is 0.733. The Labute approximate surface area is 183 Å². The van der Waals surface area contributed by atoms with E-state index >= 15 is 0 Å². The van der Waals surface area contributed by atoms with Crippen LogP contribution in [0.25, 0.3) is 0 Å². The lowest BCUT2D eigenvalue weighted by Crippen LogP contribution is -2.53. The number of hydrogen-bond donors (Lipinski definition) is 0. The first-order valence-corrected chi connectivity index (χ1v) is 12.9. The maximum Gasteiger partial charge on any atom is 0.410 e. The highest BCUT2D eigenvalue weighted by Gasteiger charge is 2.39. The number of carbonyl (C=O) groups is 1. The van der Waals surface area contributed by atoms with Gasteiger partial charge in [0, 0.05) is 19.3 Å². The molecule has 0 unspecified atom stereocenters. The van der Waals surface area contributed by atoms with Crippen molar-refractivity contribution >= 4 is 15.9 Å². The molecule has 164 valence electrons. The van der Waals surface area contributed by atoms with Crippen LogP contribution in [0, 0.1) is 5.92 Å². The standard InChI is InChI=1S/C24H28N2O4S/c1-31(28,29)20-8-6-19(7-9-20)23-21-5-3-2-4-17(21)12-15-26(23)24(27)30-22-16-25-13-10-18(22)11-14-25/h2-9,18,22-23H,10-16H2,1H3/t22-,23+/m1/s1. The van der Waals surface area contributed by atoms with E-state index in [1.165, 1.54) is 11.8 Å². The Morgan fingerprint density at radius 2 is 1.71 bits per heavy atom. The van der Waals surface area contributed by atoms with Crippen LogP contribution in [0.3, 0.4) is 0 Å². The van der Waals surface area contributed by atoms with Gasteiger partial charge in [0.15, 0.2) is 9.84 Å². The third kappa shape index (κ3) is 3.96. The topological polar surface area (TPSA) is 66.9 Å². The van der Waals surface area contributed by atoms with Gasteiger partial charge in [-0.25, -0.2) is 13.2 Å². The van der Waals surface area contributed by atoms with E-state index in [9.17, 15) is 13.2 Å². The Morgan fingerprint density at radius 3 is 2.35 bits per heavy atom. The zero-order valence-corrected chi connectivity index (χ0v) is 18.6. The number of ether oxygens (including phenoxy) is 1. The molecular weight excluding hydrogens is 412 g/mol. The first-order valence-electron chi connectivity index (χ1n) is 11.0. The zero-order chi connectivity index (χ0) is 21.6. The summed E-state index contributed by atoms with van der Waals surface area (Å²) in [6.07, 6.45) is 3.86. The number of sulfone groups is 1. The summed E-state index contributed by atoms with van der Waals surface area (Å²) in [5, 5.41) is 0. The van der Waals surface area contributed by atoms with Crippen molar-refractivity contribution in [3.05, 3.63) is 65.2 Å². The van der Waals surface area contributed by atoms with Gasteiger partial charge in [-0.15, -0.1) is 0 Å². The normalized spacial score (nSPS) is 27.6. The molecule has 1 amide bonds. The lowest BCUT2D eigenvalue weighted by molar-refractivity contribution is -0.0462. The molecule has 3 saturated heterocycles. The van der Waals surface area contributed by atoms with Crippen molar-refractivity contribution in [1.82, 2.24) is 9.80 Å². The Hall–Kier alpha value is -2.38. The Balaban J connectivity index is 1.45. The summed E-state index contributed by atoms with van der Waals surface area (Å²) in [4.78, 5) is 17.8. The summed E-state index contributed by atoms with van der Waals surface area (Å²) in [5.74, 6) is 0.457. The van der Waals surface area contributed by atoms with Gasteiger partial charge >= 0.3 is 6.09 Å². The van der Waals surface area contributed by atoms with Gasteiger partial charge in [0.05, 0.1) is 10.9 Å². The molecule has 2 aromatic carbocycles. The molecule has 7 heteroatoms. The zero-order valence-electron chi connectivity index (χ0n) is 17.7. The number of amides is 1. The van der Waals surface area contributed by atoms with E-state index in [0.29, 0.717) is 12.5 Å². The second-order valence-corrected chi connectivity index (χ2v) is 11.0. The van der Waals surface area contributed by atoms with Crippen LogP contribution < -0.4 is 0 Å². The van der Waals surface area contributed by atoms with Crippen molar-refractivity contribution in [2.75, 3.05) is 32.4 Å². The Bertz CT molecular complexity index is 1080. The van der Waals surface area contributed by atoms with Crippen LogP contribution in [0.15, 0.2) is 53.4 Å². The van der Waals surface area contributed by atoms with Gasteiger partial charge < -0.3 is 4.74 Å². The van der Waals surface area contributed by atoms with Gasteiger partial charge in [0.2, 0.25) is 0 Å². The molecule has 31 heavy (non-hydrogen) atoms. The minimum absolute atomic E-state index is 0.0413. The summed E-state index contributed by atoms with van der Waals surface area (Å²) >= 11 is 0. The minimum atomic E-state index is -3.27. The lowest BCUT2D eigenvalue weighted by atomic mass is 9.86. The molecule has 0 spiro atoms. The highest BCUT2D eigenvalue weighted by atomic mass is 32.2. The predicted molar refractivity (Wildman–Crippen MR) is 118 cm³/mol. The van der Waals surface area contributed by atoms with Crippen LogP contribution >= 0.6 is 0 Å². The molecule has 4 aliphatic rings. The second-order valence-electron chi connectivity index (χ2n) is 8.95. The molecule has 0 aromatic heterocycles. The van der Waals surface area contributed by atoms with Crippen LogP contribution in [0.4, 0.5) is 4.79 Å². The average molecular weight is 441 g/mol. The molecule has 2 bridgehead atoms. The molecule has 0 saturated carbocycles. The Kier molecular flexibility index (Phi) is 5.26. The number of carbonyl (C=O) groups excluding carboxylic acids is 1. The molecule has 4 heterocycles. The first-order chi connectivity index (χ1) is 14.9. The third-order valence-corrected chi connectivity index (χ3v) is 8.12. The number of hydrogen-bond acceptors (Lipinski definition) is 5. The molecule has 2 atom stereocenters. The molecule has 6 rings (SSSR count). The molecule has 0 N–H and O–H groups in total. The average Bonchev–Trinajstić information content (AvgIpc) is 2.78. The maximum absolute atomic E-state index is 13.4. The monoisotopic (exact) mass is 440 g/mol. The van der Waals surface area contributed by atoms with E-state index in [-0.39, 0.29) is 23.1 Å². The number of benzene rings is 2. The first kappa shape index (κ1) is 20.5. The number of fused-ring (bicyclic) bond motifs is 4. The van der Waals surface area contributed by atoms with Crippen LogP contribution in [-0.2, 0) is 21.0 Å². The second kappa shape index (κ2) is 7.95. The van der Waals surface area contributed by atoms with Crippen molar-refractivity contribution in [2.24, 2.45) is 5.92 Å². The highest BCUT2D eigenvalue weighted by Crippen LogP contribution is 2.37. The summed E-state index contributed by atoms with van der Waals surface area (Å²) in [6.45, 7) is 3.61. The van der Waals surface area contributed by atoms with Crippen molar-refractivity contribution in [3.8, 4) is 0 Å². The fourth-order valence-corrected chi connectivity index (χ4v) is 5.89. The van der Waals surface area contributed by atoms with Gasteiger partial charge in [-0.1, -0.05) is 36.4 Å². The number of rotatable bonds is 3. The van der Waals surface area contributed by atoms with Crippen LogP contribution in [0.1, 0.15) is 35.6 Å². The highest BCUT2D eigenvalue weighted by molar-refractivity contribution is 7.90. The molecule has 2 aromatic rings. The Morgan fingerprint density at radius 1 is 1.00 bits per heavy atom. The van der Waals surface area contributed by atoms with E-state index in [0.717, 1.165) is 50.0 Å². The van der Waals surface area contributed by atoms with Gasteiger partial charge in [-0.2, -0.15) is 0 Å². The summed E-state index contributed by atoms with van der Waals surface area (Å²) in [6, 6.07) is 14.8. The predicted octanol–water partition coefficient (Wildman–Crippen LogP) is 3.27. The van der Waals surface area contributed by atoms with Gasteiger partial charge in [0.1, 0.15) is 6.10 Å². The van der Waals surface area contributed by atoms with Gasteiger partial charge in [-0.05, 0) is 67.1 Å². The minimum Gasteiger partial charge on any atom is -0.444 e. The van der Waals surface area contributed by atoms with E-state index in [4.69, 9.17) is 4.74 Å². The molecule has 0 radical (unpaired) electrons. The largest absolute Gasteiger partial charge is 0.444 e. The van der Waals surface area contributed by atoms with E-state index in [1.54, 1.807) is 12.1 Å². The molecule has 6 nitrogen and oxygen atoms in total. The van der Waals surface area contributed by atoms with Crippen LogP contribution in [0.2, 0.25) is 0 Å². The van der Waals surface area contributed by atoms with E-state index < -0.39 is 9.84 Å². The third-order valence-electron chi connectivity index (χ3n) is 6.99. The number of piperidine rings is 3. The van der Waals surface area contributed by atoms with Crippen LogP contribution in [-0.4, -0.2) is 62.8 Å². The fraction of sp³-hybridized carbons (Fsp3) is 0.458. The van der Waals surface area contributed by atoms with E-state index in [1.807, 2.05) is 29.2 Å². The molecule has 3 fully saturated rings. The molecular formula is C24H28N2O4S. The summed E-state index contributed by atoms with van der Waals surface area (Å²) in [5.41, 5.74) is 3.18. The maximum atomic E-state index is 13.4. The van der Waals surface area contributed by atoms with Gasteiger partial charge in [-0.3, -0.25) is 9.80 Å². The summed E-state index contributed by atoms with van der Waals surface area (Å²) in [7, 11) is -3.27. The number of nitrogens with zero attached hydrogens (tertiary/aromatic N) is 2. The SMILES string of the molecule is CS(=O)(=O)c1ccc([C@H]2c3ccccc3CCN2C(=O)O[C@@H]2CN3CCC2CC3)cc1.